The van der Waals surface area contributed by atoms with Crippen molar-refractivity contribution >= 4 is 17.7 Å². The summed E-state index contributed by atoms with van der Waals surface area (Å²) in [7, 11) is 0. The van der Waals surface area contributed by atoms with Crippen LogP contribution in [0.1, 0.15) is 18.5 Å². The highest BCUT2D eigenvalue weighted by Crippen LogP contribution is 2.20. The maximum absolute atomic E-state index is 13.0. The minimum absolute atomic E-state index is 0.135. The first-order valence-electron chi connectivity index (χ1n) is 6.33. The molecule has 0 aliphatic rings. The van der Waals surface area contributed by atoms with Crippen LogP contribution in [-0.2, 0) is 4.79 Å². The van der Waals surface area contributed by atoms with E-state index in [1.165, 1.54) is 6.07 Å². The maximum atomic E-state index is 13.0. The lowest BCUT2D eigenvalue weighted by atomic mass is 10.1. The molecule has 2 aromatic rings. The van der Waals surface area contributed by atoms with Gasteiger partial charge in [0.2, 0.25) is 5.91 Å². The molecule has 1 atom stereocenters. The summed E-state index contributed by atoms with van der Waals surface area (Å²) in [5, 5.41) is 2.82. The third-order valence-electron chi connectivity index (χ3n) is 2.82. The van der Waals surface area contributed by atoms with Crippen molar-refractivity contribution in [2.45, 2.75) is 17.9 Å². The molecule has 1 amide bonds. The van der Waals surface area contributed by atoms with E-state index in [-0.39, 0.29) is 17.7 Å². The van der Waals surface area contributed by atoms with Gasteiger partial charge in [0, 0.05) is 17.3 Å². The van der Waals surface area contributed by atoms with Crippen molar-refractivity contribution in [3.05, 3.63) is 59.9 Å². The molecule has 1 N–H and O–H groups in total. The number of aromatic nitrogens is 1. The van der Waals surface area contributed by atoms with E-state index in [1.54, 1.807) is 18.5 Å². The minimum Gasteiger partial charge on any atom is -0.349 e. The number of pyridine rings is 1. The summed E-state index contributed by atoms with van der Waals surface area (Å²) in [4.78, 5) is 16.3. The van der Waals surface area contributed by atoms with Crippen LogP contribution in [-0.4, -0.2) is 16.6 Å². The van der Waals surface area contributed by atoms with Gasteiger partial charge in [0.05, 0.1) is 11.8 Å². The van der Waals surface area contributed by atoms with Crippen molar-refractivity contribution in [1.29, 1.82) is 0 Å². The Hall–Kier alpha value is -1.95. The molecule has 0 aliphatic carbocycles. The van der Waals surface area contributed by atoms with Gasteiger partial charge >= 0.3 is 0 Å². The molecule has 110 valence electrons. The Bertz CT molecular complexity index is 622. The Morgan fingerprint density at radius 1 is 1.33 bits per heavy atom. The van der Waals surface area contributed by atoms with Gasteiger partial charge in [0.1, 0.15) is 0 Å². The first-order chi connectivity index (χ1) is 10.1. The molecule has 0 radical (unpaired) electrons. The maximum Gasteiger partial charge on any atom is 0.230 e. The molecule has 1 aromatic carbocycles. The predicted octanol–water partition coefficient (Wildman–Crippen LogP) is 3.33. The van der Waals surface area contributed by atoms with Gasteiger partial charge in [-0.25, -0.2) is 8.78 Å². The van der Waals surface area contributed by atoms with Crippen LogP contribution in [0.3, 0.4) is 0 Å². The lowest BCUT2D eigenvalue weighted by Gasteiger charge is -2.13. The average Bonchev–Trinajstić information content (AvgIpc) is 2.49. The second kappa shape index (κ2) is 7.17. The summed E-state index contributed by atoms with van der Waals surface area (Å²) in [6.45, 7) is 1.86. The van der Waals surface area contributed by atoms with Crippen molar-refractivity contribution in [3.63, 3.8) is 0 Å². The number of hydrogen-bond acceptors (Lipinski definition) is 3. The fourth-order valence-corrected chi connectivity index (χ4v) is 2.45. The fourth-order valence-electron chi connectivity index (χ4n) is 1.71. The van der Waals surface area contributed by atoms with Gasteiger partial charge in [-0.15, -0.1) is 11.8 Å². The number of nitrogens with one attached hydrogen (secondary N) is 1. The van der Waals surface area contributed by atoms with E-state index in [0.717, 1.165) is 29.5 Å². The minimum atomic E-state index is -0.913. The summed E-state index contributed by atoms with van der Waals surface area (Å²) in [5.74, 6) is -1.85. The summed E-state index contributed by atoms with van der Waals surface area (Å²) in [6.07, 6.45) is 3.35. The zero-order valence-electron chi connectivity index (χ0n) is 11.3. The molecule has 6 heteroatoms. The molecular weight excluding hydrogens is 294 g/mol. The molecule has 1 heterocycles. The van der Waals surface area contributed by atoms with Gasteiger partial charge in [-0.3, -0.25) is 9.78 Å². The predicted molar refractivity (Wildman–Crippen MR) is 77.9 cm³/mol. The van der Waals surface area contributed by atoms with Gasteiger partial charge in [-0.1, -0.05) is 6.07 Å². The van der Waals surface area contributed by atoms with E-state index >= 15 is 0 Å². The quantitative estimate of drug-likeness (QED) is 0.862. The fraction of sp³-hybridized carbons (Fsp3) is 0.200. The Kier molecular flexibility index (Phi) is 5.27. The van der Waals surface area contributed by atoms with Crippen LogP contribution < -0.4 is 5.32 Å². The molecule has 21 heavy (non-hydrogen) atoms. The Balaban J connectivity index is 1.86. The number of benzene rings is 1. The summed E-state index contributed by atoms with van der Waals surface area (Å²) >= 11 is 1.15. The first-order valence-corrected chi connectivity index (χ1v) is 7.32. The number of rotatable bonds is 5. The van der Waals surface area contributed by atoms with Crippen LogP contribution in [0.2, 0.25) is 0 Å². The summed E-state index contributed by atoms with van der Waals surface area (Å²) in [6, 6.07) is 7.10. The number of thioether (sulfide) groups is 1. The van der Waals surface area contributed by atoms with Gasteiger partial charge < -0.3 is 5.32 Å². The van der Waals surface area contributed by atoms with E-state index < -0.39 is 11.6 Å². The lowest BCUT2D eigenvalue weighted by molar-refractivity contribution is -0.119. The summed E-state index contributed by atoms with van der Waals surface area (Å²) in [5.41, 5.74) is 0.906. The second-order valence-corrected chi connectivity index (χ2v) is 5.49. The largest absolute Gasteiger partial charge is 0.349 e. The molecule has 0 bridgehead atoms. The standard InChI is InChI=1S/C15H14F2N2OS/c1-10(11-3-2-6-18-8-11)19-15(20)9-21-12-4-5-13(16)14(17)7-12/h2-8,10H,9H2,1H3,(H,19,20). The molecule has 2 rings (SSSR count). The van der Waals surface area contributed by atoms with E-state index in [1.807, 2.05) is 13.0 Å². The molecule has 0 fully saturated rings. The molecule has 0 saturated heterocycles. The van der Waals surface area contributed by atoms with Crippen LogP contribution in [0.25, 0.3) is 0 Å². The van der Waals surface area contributed by atoms with E-state index in [9.17, 15) is 13.6 Å². The van der Waals surface area contributed by atoms with Crippen molar-refractivity contribution < 1.29 is 13.6 Å². The molecular formula is C15H14F2N2OS. The second-order valence-electron chi connectivity index (χ2n) is 4.44. The Morgan fingerprint density at radius 2 is 2.14 bits per heavy atom. The highest BCUT2D eigenvalue weighted by molar-refractivity contribution is 8.00. The molecule has 0 saturated carbocycles. The number of carbonyl (C=O) groups excluding carboxylic acids is 1. The zero-order chi connectivity index (χ0) is 15.2. The Labute approximate surface area is 125 Å². The van der Waals surface area contributed by atoms with Gasteiger partial charge in [0.15, 0.2) is 11.6 Å². The van der Waals surface area contributed by atoms with Crippen LogP contribution in [0, 0.1) is 11.6 Å². The van der Waals surface area contributed by atoms with Crippen molar-refractivity contribution in [3.8, 4) is 0 Å². The van der Waals surface area contributed by atoms with E-state index in [2.05, 4.69) is 10.3 Å². The van der Waals surface area contributed by atoms with Gasteiger partial charge in [-0.05, 0) is 36.8 Å². The summed E-state index contributed by atoms with van der Waals surface area (Å²) < 4.78 is 25.8. The number of halogens is 2. The lowest BCUT2D eigenvalue weighted by Crippen LogP contribution is -2.28. The van der Waals surface area contributed by atoms with Crippen molar-refractivity contribution in [2.75, 3.05) is 5.75 Å². The van der Waals surface area contributed by atoms with Crippen LogP contribution >= 0.6 is 11.8 Å². The number of nitrogens with zero attached hydrogens (tertiary/aromatic N) is 1. The van der Waals surface area contributed by atoms with Crippen molar-refractivity contribution in [2.24, 2.45) is 0 Å². The normalized spacial score (nSPS) is 12.0. The molecule has 0 spiro atoms. The first kappa shape index (κ1) is 15.4. The van der Waals surface area contributed by atoms with Gasteiger partial charge in [0.25, 0.3) is 0 Å². The van der Waals surface area contributed by atoms with Crippen molar-refractivity contribution in [1.82, 2.24) is 10.3 Å². The highest BCUT2D eigenvalue weighted by atomic mass is 32.2. The molecule has 1 unspecified atom stereocenters. The van der Waals surface area contributed by atoms with Crippen LogP contribution in [0.15, 0.2) is 47.6 Å². The van der Waals surface area contributed by atoms with E-state index in [4.69, 9.17) is 0 Å². The number of hydrogen-bond donors (Lipinski definition) is 1. The van der Waals surface area contributed by atoms with Crippen LogP contribution in [0.4, 0.5) is 8.78 Å². The molecule has 0 aliphatic heterocycles. The third-order valence-corrected chi connectivity index (χ3v) is 3.82. The molecule has 3 nitrogen and oxygen atoms in total. The number of amides is 1. The Morgan fingerprint density at radius 3 is 2.81 bits per heavy atom. The average molecular weight is 308 g/mol. The third kappa shape index (κ3) is 4.53. The van der Waals surface area contributed by atoms with Gasteiger partial charge in [-0.2, -0.15) is 0 Å². The monoisotopic (exact) mass is 308 g/mol. The zero-order valence-corrected chi connectivity index (χ0v) is 12.2. The smallest absolute Gasteiger partial charge is 0.230 e. The van der Waals surface area contributed by atoms with E-state index in [0.29, 0.717) is 4.90 Å². The van der Waals surface area contributed by atoms with Crippen LogP contribution in [0.5, 0.6) is 0 Å². The highest BCUT2D eigenvalue weighted by Gasteiger charge is 2.10. The SMILES string of the molecule is CC(NC(=O)CSc1ccc(F)c(F)c1)c1cccnc1. The molecule has 1 aromatic heterocycles. The topological polar surface area (TPSA) is 42.0 Å². The number of carbonyl (C=O) groups is 1.